The summed E-state index contributed by atoms with van der Waals surface area (Å²) in [6, 6.07) is 17.4. The smallest absolute Gasteiger partial charge is 0.531 e. The number of pyridine rings is 1. The van der Waals surface area contributed by atoms with Gasteiger partial charge in [0.1, 0.15) is 5.75 Å². The molecule has 23 heavy (non-hydrogen) atoms. The summed E-state index contributed by atoms with van der Waals surface area (Å²) in [6.07, 6.45) is 2.17. The van der Waals surface area contributed by atoms with E-state index in [1.54, 1.807) is 0 Å². The third-order valence-electron chi connectivity index (χ3n) is 5.18. The van der Waals surface area contributed by atoms with E-state index in [1.165, 1.54) is 39.2 Å². The van der Waals surface area contributed by atoms with Crippen molar-refractivity contribution in [1.82, 2.24) is 0 Å². The Labute approximate surface area is 134 Å². The SMILES string of the molecule is Cc1ccc2c(c1)N1B(O2)c2ccc[n+]3c2-c2c(cccc21)C3. The first kappa shape index (κ1) is 11.8. The molecule has 4 heteroatoms. The molecule has 0 saturated heterocycles. The molecule has 4 heterocycles. The monoisotopic (exact) mass is 297 g/mol. The van der Waals surface area contributed by atoms with E-state index in [0.717, 1.165) is 12.3 Å². The first-order valence-corrected chi connectivity index (χ1v) is 8.02. The van der Waals surface area contributed by atoms with Crippen LogP contribution >= 0.6 is 0 Å². The summed E-state index contributed by atoms with van der Waals surface area (Å²) in [4.78, 5) is 2.36. The Morgan fingerprint density at radius 1 is 1.09 bits per heavy atom. The summed E-state index contributed by atoms with van der Waals surface area (Å²) >= 11 is 0. The van der Waals surface area contributed by atoms with Crippen molar-refractivity contribution in [3.63, 3.8) is 0 Å². The van der Waals surface area contributed by atoms with Crippen LogP contribution in [0.25, 0.3) is 11.3 Å². The highest BCUT2D eigenvalue weighted by molar-refractivity contribution is 6.76. The van der Waals surface area contributed by atoms with Crippen LogP contribution < -0.4 is 19.5 Å². The fourth-order valence-corrected chi connectivity index (χ4v) is 4.24. The van der Waals surface area contributed by atoms with Gasteiger partial charge in [0, 0.05) is 17.3 Å². The lowest BCUT2D eigenvalue weighted by atomic mass is 9.66. The second kappa shape index (κ2) is 3.77. The summed E-state index contributed by atoms with van der Waals surface area (Å²) < 4.78 is 8.69. The highest BCUT2D eigenvalue weighted by Crippen LogP contribution is 2.48. The topological polar surface area (TPSA) is 16.4 Å². The van der Waals surface area contributed by atoms with E-state index in [9.17, 15) is 0 Å². The summed E-state index contributed by atoms with van der Waals surface area (Å²) in [5, 5.41) is 0. The number of aromatic nitrogens is 1. The van der Waals surface area contributed by atoms with Crippen LogP contribution in [0.5, 0.6) is 5.75 Å². The number of fused-ring (bicyclic) bond motifs is 5. The predicted molar refractivity (Wildman–Crippen MR) is 90.5 cm³/mol. The van der Waals surface area contributed by atoms with Crippen LogP contribution in [0.2, 0.25) is 0 Å². The molecule has 3 aliphatic heterocycles. The molecule has 108 valence electrons. The Hall–Kier alpha value is -2.75. The second-order valence-corrected chi connectivity index (χ2v) is 6.56. The second-order valence-electron chi connectivity index (χ2n) is 6.56. The van der Waals surface area contributed by atoms with Crippen molar-refractivity contribution in [3.8, 4) is 17.0 Å². The van der Waals surface area contributed by atoms with Gasteiger partial charge in [-0.05, 0) is 36.8 Å². The zero-order valence-electron chi connectivity index (χ0n) is 12.8. The molecule has 0 N–H and O–H groups in total. The molecule has 0 amide bonds. The van der Waals surface area contributed by atoms with Gasteiger partial charge in [0.2, 0.25) is 5.69 Å². The third kappa shape index (κ3) is 1.31. The quantitative estimate of drug-likeness (QED) is 0.366. The van der Waals surface area contributed by atoms with Crippen molar-refractivity contribution in [1.29, 1.82) is 0 Å². The van der Waals surface area contributed by atoms with Gasteiger partial charge in [-0.1, -0.05) is 18.2 Å². The average Bonchev–Trinajstić information content (AvgIpc) is 3.12. The average molecular weight is 297 g/mol. The summed E-state index contributed by atoms with van der Waals surface area (Å²) in [7, 11) is -0.0601. The molecular formula is C19H14BN2O+. The molecular weight excluding hydrogens is 283 g/mol. The van der Waals surface area contributed by atoms with Crippen molar-refractivity contribution in [2.45, 2.75) is 13.5 Å². The molecule has 0 saturated carbocycles. The summed E-state index contributed by atoms with van der Waals surface area (Å²) in [5.41, 5.74) is 9.06. The van der Waals surface area contributed by atoms with Crippen LogP contribution in [0.15, 0.2) is 54.7 Å². The zero-order valence-corrected chi connectivity index (χ0v) is 12.8. The largest absolute Gasteiger partial charge is 0.536 e. The Balaban J connectivity index is 1.73. The first-order chi connectivity index (χ1) is 11.3. The van der Waals surface area contributed by atoms with E-state index in [-0.39, 0.29) is 7.05 Å². The van der Waals surface area contributed by atoms with Crippen molar-refractivity contribution in [3.05, 3.63) is 65.9 Å². The molecule has 2 aromatic carbocycles. The van der Waals surface area contributed by atoms with Gasteiger partial charge < -0.3 is 9.47 Å². The Bertz CT molecular complexity index is 1010. The molecule has 0 spiro atoms. The molecule has 3 aromatic rings. The number of aryl methyl sites for hydroxylation is 1. The molecule has 0 atom stereocenters. The molecule has 6 rings (SSSR count). The minimum atomic E-state index is -0.0601. The van der Waals surface area contributed by atoms with E-state index in [4.69, 9.17) is 4.65 Å². The lowest BCUT2D eigenvalue weighted by Crippen LogP contribution is -2.53. The number of anilines is 2. The summed E-state index contributed by atoms with van der Waals surface area (Å²) in [6.45, 7) is 3.09. The molecule has 3 aliphatic rings. The molecule has 0 unspecified atom stereocenters. The van der Waals surface area contributed by atoms with Gasteiger partial charge in [-0.15, -0.1) is 0 Å². The lowest BCUT2D eigenvalue weighted by Gasteiger charge is -2.28. The molecule has 0 radical (unpaired) electrons. The van der Waals surface area contributed by atoms with Gasteiger partial charge in [0.05, 0.1) is 16.7 Å². The van der Waals surface area contributed by atoms with Gasteiger partial charge in [-0.2, -0.15) is 4.57 Å². The number of benzene rings is 2. The molecule has 0 fully saturated rings. The van der Waals surface area contributed by atoms with Crippen LogP contribution in [-0.2, 0) is 6.54 Å². The first-order valence-electron chi connectivity index (χ1n) is 8.02. The third-order valence-corrected chi connectivity index (χ3v) is 5.18. The normalized spacial score (nSPS) is 15.2. The van der Waals surface area contributed by atoms with E-state index >= 15 is 0 Å². The fraction of sp³-hybridized carbons (Fsp3) is 0.105. The maximum atomic E-state index is 6.34. The highest BCUT2D eigenvalue weighted by Gasteiger charge is 2.50. The lowest BCUT2D eigenvalue weighted by molar-refractivity contribution is -0.671. The van der Waals surface area contributed by atoms with Crippen molar-refractivity contribution in [2.24, 2.45) is 0 Å². The van der Waals surface area contributed by atoms with Gasteiger partial charge in [-0.3, -0.25) is 0 Å². The van der Waals surface area contributed by atoms with E-state index < -0.39 is 0 Å². The van der Waals surface area contributed by atoms with Gasteiger partial charge in [0.25, 0.3) is 0 Å². The Kier molecular flexibility index (Phi) is 1.93. The zero-order chi connectivity index (χ0) is 15.1. The number of nitrogens with zero attached hydrogens (tertiary/aromatic N) is 2. The van der Waals surface area contributed by atoms with Crippen LogP contribution in [0.1, 0.15) is 11.1 Å². The predicted octanol–water partition coefficient (Wildman–Crippen LogP) is 2.55. The molecule has 0 bridgehead atoms. The summed E-state index contributed by atoms with van der Waals surface area (Å²) in [5.74, 6) is 0.973. The molecule has 0 aliphatic carbocycles. The maximum absolute atomic E-state index is 6.34. The molecule has 3 nitrogen and oxygen atoms in total. The van der Waals surface area contributed by atoms with E-state index in [1.807, 2.05) is 0 Å². The van der Waals surface area contributed by atoms with Crippen LogP contribution in [0.4, 0.5) is 11.4 Å². The van der Waals surface area contributed by atoms with Gasteiger partial charge in [-0.25, -0.2) is 0 Å². The highest BCUT2D eigenvalue weighted by atomic mass is 16.5. The fourth-order valence-electron chi connectivity index (χ4n) is 4.24. The minimum Gasteiger partial charge on any atom is -0.536 e. The molecule has 1 aromatic heterocycles. The van der Waals surface area contributed by atoms with Crippen LogP contribution in [0, 0.1) is 6.92 Å². The van der Waals surface area contributed by atoms with Crippen LogP contribution in [-0.4, -0.2) is 7.05 Å². The Morgan fingerprint density at radius 3 is 3.00 bits per heavy atom. The maximum Gasteiger partial charge on any atom is 0.531 e. The number of hydrogen-bond acceptors (Lipinski definition) is 2. The van der Waals surface area contributed by atoms with E-state index in [2.05, 4.69) is 71.0 Å². The van der Waals surface area contributed by atoms with Crippen molar-refractivity contribution in [2.75, 3.05) is 4.81 Å². The standard InChI is InChI=1S/C19H14BN2O/c1-12-7-8-17-16(10-12)22-15-6-2-4-13-11-21-9-3-5-14(20(22)23-17)19(21)18(13)15/h2-10H,11H2,1H3/q+1. The van der Waals surface area contributed by atoms with Gasteiger partial charge >= 0.3 is 7.05 Å². The number of hydrogen-bond donors (Lipinski definition) is 0. The van der Waals surface area contributed by atoms with Crippen molar-refractivity contribution >= 4 is 23.9 Å². The Morgan fingerprint density at radius 2 is 2.04 bits per heavy atom. The van der Waals surface area contributed by atoms with Crippen molar-refractivity contribution < 1.29 is 9.22 Å². The van der Waals surface area contributed by atoms with Gasteiger partial charge in [0.15, 0.2) is 12.7 Å². The minimum absolute atomic E-state index is 0.0601. The van der Waals surface area contributed by atoms with Crippen LogP contribution in [0.3, 0.4) is 0 Å². The number of rotatable bonds is 0. The van der Waals surface area contributed by atoms with E-state index in [0.29, 0.717) is 0 Å².